The van der Waals surface area contributed by atoms with Crippen LogP contribution in [-0.4, -0.2) is 15.3 Å². The summed E-state index contributed by atoms with van der Waals surface area (Å²) in [6.45, 7) is 1.95. The number of carbonyl (C=O) groups is 1. The van der Waals surface area contributed by atoms with Gasteiger partial charge in [-0.05, 0) is 28.4 Å². The number of aromatic nitrogens is 2. The molecule has 0 aromatic carbocycles. The lowest BCUT2D eigenvalue weighted by molar-refractivity contribution is 0.0978. The number of carbonyl (C=O) groups excluding carboxylic acids is 1. The third-order valence-corrected chi connectivity index (χ3v) is 3.33. The molecule has 2 aromatic rings. The number of ketones is 1. The average molecular weight is 297 g/mol. The Hall–Kier alpha value is -1.36. The minimum Gasteiger partial charge on any atom is -0.348 e. The molecule has 2 rings (SSSR count). The minimum absolute atomic E-state index is 0.0395. The maximum Gasteiger partial charge on any atom is 0.274 e. The van der Waals surface area contributed by atoms with Gasteiger partial charge in [-0.2, -0.15) is 0 Å². The zero-order valence-electron chi connectivity index (χ0n) is 9.71. The van der Waals surface area contributed by atoms with Gasteiger partial charge in [-0.1, -0.05) is 6.92 Å². The van der Waals surface area contributed by atoms with Crippen molar-refractivity contribution in [2.75, 3.05) is 0 Å². The fourth-order valence-corrected chi connectivity index (χ4v) is 2.42. The Morgan fingerprint density at radius 2 is 2.24 bits per heavy atom. The van der Waals surface area contributed by atoms with Crippen molar-refractivity contribution in [2.45, 2.75) is 19.8 Å². The maximum absolute atomic E-state index is 11.9. The second kappa shape index (κ2) is 4.49. The summed E-state index contributed by atoms with van der Waals surface area (Å²) in [7, 11) is 1.68. The molecule has 0 spiro atoms. The monoisotopic (exact) mass is 296 g/mol. The number of nitrogens with zero attached hydrogens (tertiary/aromatic N) is 1. The quantitative estimate of drug-likeness (QED) is 0.885. The number of Topliss-reactive ketones (excluding diaryl/α,β-unsaturated/α-hetero) is 1. The molecule has 90 valence electrons. The van der Waals surface area contributed by atoms with Crippen LogP contribution in [0.4, 0.5) is 0 Å². The minimum atomic E-state index is -0.126. The number of hydrogen-bond acceptors (Lipinski definition) is 2. The number of nitrogens with one attached hydrogen (secondary N) is 1. The maximum atomic E-state index is 11.9. The molecule has 2 heterocycles. The Morgan fingerprint density at radius 1 is 1.53 bits per heavy atom. The van der Waals surface area contributed by atoms with Crippen molar-refractivity contribution in [3.63, 3.8) is 0 Å². The molecule has 2 aromatic heterocycles. The van der Waals surface area contributed by atoms with Crippen LogP contribution in [0.2, 0.25) is 0 Å². The van der Waals surface area contributed by atoms with E-state index in [9.17, 15) is 9.59 Å². The summed E-state index contributed by atoms with van der Waals surface area (Å²) in [5.41, 5.74) is 0.853. The van der Waals surface area contributed by atoms with Crippen LogP contribution in [0, 0.1) is 0 Å². The van der Waals surface area contributed by atoms with E-state index in [1.165, 1.54) is 4.57 Å². The van der Waals surface area contributed by atoms with E-state index >= 15 is 0 Å². The fourth-order valence-electron chi connectivity index (χ4n) is 1.80. The van der Waals surface area contributed by atoms with Gasteiger partial charge in [-0.3, -0.25) is 9.59 Å². The molecule has 0 saturated carbocycles. The van der Waals surface area contributed by atoms with Crippen LogP contribution in [0.25, 0.3) is 10.9 Å². The molecule has 4 nitrogen and oxygen atoms in total. The summed E-state index contributed by atoms with van der Waals surface area (Å²) in [5, 5.41) is 0.757. The molecule has 1 N–H and O–H groups in total. The molecule has 17 heavy (non-hydrogen) atoms. The topological polar surface area (TPSA) is 54.9 Å². The van der Waals surface area contributed by atoms with Crippen molar-refractivity contribution >= 4 is 32.6 Å². The van der Waals surface area contributed by atoms with Crippen molar-refractivity contribution in [3.05, 3.63) is 32.8 Å². The number of rotatable bonds is 3. The molecule has 0 aliphatic carbocycles. The highest BCUT2D eigenvalue weighted by atomic mass is 79.9. The van der Waals surface area contributed by atoms with E-state index in [2.05, 4.69) is 20.9 Å². The Bertz CT molecular complexity index is 640. The SMILES string of the molecule is CCCC(=O)c1cc2c(Br)cn(C)c(=O)c2[nH]1. The average Bonchev–Trinajstić information content (AvgIpc) is 2.72. The molecule has 5 heteroatoms. The van der Waals surface area contributed by atoms with Crippen LogP contribution in [0.1, 0.15) is 30.3 Å². The van der Waals surface area contributed by atoms with Crippen LogP contribution in [0.3, 0.4) is 0 Å². The lowest BCUT2D eigenvalue weighted by atomic mass is 10.2. The molecule has 0 bridgehead atoms. The summed E-state index contributed by atoms with van der Waals surface area (Å²) in [4.78, 5) is 26.6. The highest BCUT2D eigenvalue weighted by Crippen LogP contribution is 2.22. The van der Waals surface area contributed by atoms with E-state index in [4.69, 9.17) is 0 Å². The summed E-state index contributed by atoms with van der Waals surface area (Å²) < 4.78 is 2.29. The summed E-state index contributed by atoms with van der Waals surface area (Å²) in [6, 6.07) is 1.73. The number of aromatic amines is 1. The number of fused-ring (bicyclic) bond motifs is 1. The van der Waals surface area contributed by atoms with Gasteiger partial charge < -0.3 is 9.55 Å². The Labute approximate surface area is 107 Å². The zero-order chi connectivity index (χ0) is 12.6. The molecule has 0 amide bonds. The van der Waals surface area contributed by atoms with E-state index in [1.807, 2.05) is 6.92 Å². The van der Waals surface area contributed by atoms with Gasteiger partial charge in [0.05, 0.1) is 5.69 Å². The second-order valence-corrected chi connectivity index (χ2v) is 4.89. The van der Waals surface area contributed by atoms with E-state index < -0.39 is 0 Å². The summed E-state index contributed by atoms with van der Waals surface area (Å²) >= 11 is 3.39. The predicted molar refractivity (Wildman–Crippen MR) is 70.5 cm³/mol. The first-order valence-corrected chi connectivity index (χ1v) is 6.25. The highest BCUT2D eigenvalue weighted by molar-refractivity contribution is 9.10. The number of H-pyrrole nitrogens is 1. The number of hydrogen-bond donors (Lipinski definition) is 1. The molecule has 0 fully saturated rings. The van der Waals surface area contributed by atoms with Crippen molar-refractivity contribution < 1.29 is 4.79 Å². The van der Waals surface area contributed by atoms with Crippen molar-refractivity contribution in [1.82, 2.24) is 9.55 Å². The molecule has 0 saturated heterocycles. The van der Waals surface area contributed by atoms with Crippen molar-refractivity contribution in [1.29, 1.82) is 0 Å². The predicted octanol–water partition coefficient (Wildman–Crippen LogP) is 2.61. The standard InChI is InChI=1S/C12H13BrN2O2/c1-3-4-10(16)9-5-7-8(13)6-15(2)12(17)11(7)14-9/h5-6,14H,3-4H2,1-2H3. The lowest BCUT2D eigenvalue weighted by Crippen LogP contribution is -2.16. The van der Waals surface area contributed by atoms with E-state index in [0.717, 1.165) is 16.3 Å². The molecule has 0 unspecified atom stereocenters. The first-order chi connectivity index (χ1) is 8.04. The van der Waals surface area contributed by atoms with Gasteiger partial charge in [0.1, 0.15) is 5.52 Å². The molecular weight excluding hydrogens is 284 g/mol. The number of halogens is 1. The first kappa shape index (κ1) is 12.1. The smallest absolute Gasteiger partial charge is 0.274 e. The van der Waals surface area contributed by atoms with E-state index in [1.54, 1.807) is 19.3 Å². The van der Waals surface area contributed by atoms with Crippen LogP contribution >= 0.6 is 15.9 Å². The first-order valence-electron chi connectivity index (χ1n) is 5.45. The highest BCUT2D eigenvalue weighted by Gasteiger charge is 2.13. The second-order valence-electron chi connectivity index (χ2n) is 4.04. The number of pyridine rings is 1. The van der Waals surface area contributed by atoms with E-state index in [0.29, 0.717) is 17.6 Å². The van der Waals surface area contributed by atoms with Crippen LogP contribution in [0.5, 0.6) is 0 Å². The Morgan fingerprint density at radius 3 is 2.88 bits per heavy atom. The summed E-state index contributed by atoms with van der Waals surface area (Å²) in [5.74, 6) is 0.0395. The third-order valence-electron chi connectivity index (χ3n) is 2.69. The van der Waals surface area contributed by atoms with Gasteiger partial charge in [-0.15, -0.1) is 0 Å². The number of aryl methyl sites for hydroxylation is 1. The fraction of sp³-hybridized carbons (Fsp3) is 0.333. The van der Waals surface area contributed by atoms with Crippen LogP contribution in [0.15, 0.2) is 21.5 Å². The molecule has 0 aliphatic heterocycles. The Kier molecular flexibility index (Phi) is 3.19. The molecular formula is C12H13BrN2O2. The molecule has 0 atom stereocenters. The summed E-state index contributed by atoms with van der Waals surface area (Å²) in [6.07, 6.45) is 2.99. The van der Waals surface area contributed by atoms with Gasteiger partial charge in [-0.25, -0.2) is 0 Å². The molecule has 0 aliphatic rings. The van der Waals surface area contributed by atoms with Crippen LogP contribution in [-0.2, 0) is 7.05 Å². The van der Waals surface area contributed by atoms with Gasteiger partial charge in [0.25, 0.3) is 5.56 Å². The molecule has 0 radical (unpaired) electrons. The largest absolute Gasteiger partial charge is 0.348 e. The van der Waals surface area contributed by atoms with Gasteiger partial charge in [0.2, 0.25) is 0 Å². The van der Waals surface area contributed by atoms with E-state index in [-0.39, 0.29) is 11.3 Å². The van der Waals surface area contributed by atoms with Crippen molar-refractivity contribution in [3.8, 4) is 0 Å². The zero-order valence-corrected chi connectivity index (χ0v) is 11.3. The third kappa shape index (κ3) is 2.07. The van der Waals surface area contributed by atoms with Gasteiger partial charge in [0.15, 0.2) is 5.78 Å². The normalized spacial score (nSPS) is 11.0. The Balaban J connectivity index is 2.65. The van der Waals surface area contributed by atoms with Gasteiger partial charge >= 0.3 is 0 Å². The lowest BCUT2D eigenvalue weighted by Gasteiger charge is -1.98. The van der Waals surface area contributed by atoms with Crippen LogP contribution < -0.4 is 5.56 Å². The van der Waals surface area contributed by atoms with Gasteiger partial charge in [0, 0.05) is 29.5 Å². The van der Waals surface area contributed by atoms with Crippen molar-refractivity contribution in [2.24, 2.45) is 7.05 Å².